The maximum atomic E-state index is 12.3. The van der Waals surface area contributed by atoms with E-state index in [4.69, 9.17) is 16.3 Å². The molecule has 2 aromatic rings. The van der Waals surface area contributed by atoms with Gasteiger partial charge in [0.25, 0.3) is 0 Å². The van der Waals surface area contributed by atoms with Gasteiger partial charge in [-0.3, -0.25) is 9.69 Å². The maximum Gasteiger partial charge on any atom is 0.225 e. The third kappa shape index (κ3) is 5.25. The van der Waals surface area contributed by atoms with Crippen LogP contribution in [-0.2, 0) is 4.79 Å². The summed E-state index contributed by atoms with van der Waals surface area (Å²) in [6, 6.07) is 15.8. The van der Waals surface area contributed by atoms with Crippen molar-refractivity contribution in [3.05, 3.63) is 59.1 Å². The summed E-state index contributed by atoms with van der Waals surface area (Å²) >= 11 is 6.35. The van der Waals surface area contributed by atoms with E-state index in [1.54, 1.807) is 7.11 Å². The number of amides is 1. The van der Waals surface area contributed by atoms with Crippen molar-refractivity contribution in [2.75, 3.05) is 45.2 Å². The van der Waals surface area contributed by atoms with Gasteiger partial charge in [-0.15, -0.1) is 0 Å². The Balaban J connectivity index is 1.44. The molecule has 1 amide bonds. The summed E-state index contributed by atoms with van der Waals surface area (Å²) in [5, 5.41) is 3.76. The van der Waals surface area contributed by atoms with E-state index in [9.17, 15) is 4.79 Å². The van der Waals surface area contributed by atoms with Gasteiger partial charge in [0.05, 0.1) is 12.8 Å². The molecule has 0 radical (unpaired) electrons. The normalized spacial score (nSPS) is 16.5. The highest BCUT2D eigenvalue weighted by Crippen LogP contribution is 2.28. The van der Waals surface area contributed by atoms with Crippen LogP contribution in [0.1, 0.15) is 24.9 Å². The molecule has 150 valence electrons. The van der Waals surface area contributed by atoms with Crippen LogP contribution < -0.4 is 10.1 Å². The fourth-order valence-electron chi connectivity index (χ4n) is 3.61. The average Bonchev–Trinajstić information content (AvgIpc) is 2.73. The van der Waals surface area contributed by atoms with E-state index >= 15 is 0 Å². The summed E-state index contributed by atoms with van der Waals surface area (Å²) in [5.74, 6) is 0.689. The van der Waals surface area contributed by atoms with E-state index in [1.165, 1.54) is 5.56 Å². The lowest BCUT2D eigenvalue weighted by atomic mass is 10.1. The molecular formula is C22H28ClN3O2. The third-order valence-electron chi connectivity index (χ3n) is 5.35. The predicted octanol–water partition coefficient (Wildman–Crippen LogP) is 4.06. The standard InChI is InChI=1S/C22H28ClN3O2/c1-17(18-7-3-4-8-19(18)23)26-15-13-25(14-16-26)12-11-22(27)24-20-9-5-6-10-21(20)28-2/h3-10,17H,11-16H2,1-2H3,(H,24,27). The van der Waals surface area contributed by atoms with Crippen LogP contribution in [0.15, 0.2) is 48.5 Å². The van der Waals surface area contributed by atoms with E-state index in [2.05, 4.69) is 28.1 Å². The number of nitrogens with zero attached hydrogens (tertiary/aromatic N) is 2. The SMILES string of the molecule is COc1ccccc1NC(=O)CCN1CCN(C(C)c2ccccc2Cl)CC1. The number of methoxy groups -OCH3 is 1. The number of nitrogens with one attached hydrogen (secondary N) is 1. The van der Waals surface area contributed by atoms with Crippen molar-refractivity contribution in [1.82, 2.24) is 9.80 Å². The molecule has 2 aromatic carbocycles. The zero-order valence-electron chi connectivity index (χ0n) is 16.5. The Morgan fingerprint density at radius 2 is 1.79 bits per heavy atom. The first kappa shape index (κ1) is 20.6. The van der Waals surface area contributed by atoms with Crippen LogP contribution in [0.25, 0.3) is 0 Å². The highest BCUT2D eigenvalue weighted by atomic mass is 35.5. The number of benzene rings is 2. The van der Waals surface area contributed by atoms with Crippen LogP contribution in [0.4, 0.5) is 5.69 Å². The van der Waals surface area contributed by atoms with Crippen LogP contribution in [-0.4, -0.2) is 55.5 Å². The molecular weight excluding hydrogens is 374 g/mol. The highest BCUT2D eigenvalue weighted by Gasteiger charge is 2.23. The Labute approximate surface area is 172 Å². The van der Waals surface area contributed by atoms with Crippen LogP contribution in [0.2, 0.25) is 5.02 Å². The Hall–Kier alpha value is -2.08. The van der Waals surface area contributed by atoms with Gasteiger partial charge in [-0.25, -0.2) is 0 Å². The van der Waals surface area contributed by atoms with E-state index < -0.39 is 0 Å². The first-order valence-corrected chi connectivity index (χ1v) is 10.1. The number of hydrogen-bond donors (Lipinski definition) is 1. The molecule has 3 rings (SSSR count). The van der Waals surface area contributed by atoms with Gasteiger partial charge >= 0.3 is 0 Å². The quantitative estimate of drug-likeness (QED) is 0.760. The molecule has 0 bridgehead atoms. The molecule has 1 aliphatic rings. The minimum atomic E-state index is 0.0105. The van der Waals surface area contributed by atoms with E-state index in [-0.39, 0.29) is 5.91 Å². The summed E-state index contributed by atoms with van der Waals surface area (Å²) in [7, 11) is 1.61. The summed E-state index contributed by atoms with van der Waals surface area (Å²) in [6.07, 6.45) is 0.470. The van der Waals surface area contributed by atoms with Gasteiger partial charge in [-0.2, -0.15) is 0 Å². The Bertz CT molecular complexity index is 791. The first-order chi connectivity index (χ1) is 13.6. The number of hydrogen-bond acceptors (Lipinski definition) is 4. The fourth-order valence-corrected chi connectivity index (χ4v) is 3.90. The van der Waals surface area contributed by atoms with Gasteiger partial charge < -0.3 is 15.0 Å². The number of carbonyl (C=O) groups is 1. The zero-order chi connectivity index (χ0) is 19.9. The minimum absolute atomic E-state index is 0.0105. The molecule has 0 aliphatic carbocycles. The topological polar surface area (TPSA) is 44.8 Å². The van der Waals surface area contributed by atoms with Crippen molar-refractivity contribution in [1.29, 1.82) is 0 Å². The van der Waals surface area contributed by atoms with Crippen molar-refractivity contribution in [3.63, 3.8) is 0 Å². The number of anilines is 1. The Morgan fingerprint density at radius 1 is 1.11 bits per heavy atom. The molecule has 0 spiro atoms. The summed E-state index contributed by atoms with van der Waals surface area (Å²) in [5.41, 5.74) is 1.89. The third-order valence-corrected chi connectivity index (χ3v) is 5.69. The van der Waals surface area contributed by atoms with Crippen LogP contribution in [0.5, 0.6) is 5.75 Å². The van der Waals surface area contributed by atoms with Gasteiger partial charge in [0.15, 0.2) is 0 Å². The molecule has 6 heteroatoms. The Morgan fingerprint density at radius 3 is 2.50 bits per heavy atom. The number of rotatable bonds is 7. The number of para-hydroxylation sites is 2. The van der Waals surface area contributed by atoms with E-state index in [1.807, 2.05) is 42.5 Å². The fraction of sp³-hybridized carbons (Fsp3) is 0.409. The van der Waals surface area contributed by atoms with Crippen molar-refractivity contribution in [2.45, 2.75) is 19.4 Å². The highest BCUT2D eigenvalue weighted by molar-refractivity contribution is 6.31. The van der Waals surface area contributed by atoms with Gasteiger partial charge in [0.1, 0.15) is 5.75 Å². The Kier molecular flexibility index (Phi) is 7.31. The second-order valence-electron chi connectivity index (χ2n) is 7.07. The molecule has 1 fully saturated rings. The molecule has 5 nitrogen and oxygen atoms in total. The first-order valence-electron chi connectivity index (χ1n) is 9.72. The van der Waals surface area contributed by atoms with Crippen molar-refractivity contribution in [2.24, 2.45) is 0 Å². The molecule has 1 atom stereocenters. The summed E-state index contributed by atoms with van der Waals surface area (Å²) in [6.45, 7) is 6.82. The van der Waals surface area contributed by atoms with Crippen molar-refractivity contribution >= 4 is 23.2 Å². The summed E-state index contributed by atoms with van der Waals surface area (Å²) in [4.78, 5) is 17.1. The molecule has 0 saturated carbocycles. The number of carbonyl (C=O) groups excluding carboxylic acids is 1. The second kappa shape index (κ2) is 9.92. The lowest BCUT2D eigenvalue weighted by Crippen LogP contribution is -2.47. The number of ether oxygens (including phenoxy) is 1. The second-order valence-corrected chi connectivity index (χ2v) is 7.48. The van der Waals surface area contributed by atoms with E-state index in [0.717, 1.165) is 37.7 Å². The minimum Gasteiger partial charge on any atom is -0.495 e. The molecule has 1 saturated heterocycles. The van der Waals surface area contributed by atoms with E-state index in [0.29, 0.717) is 23.9 Å². The molecule has 1 heterocycles. The van der Waals surface area contributed by atoms with Gasteiger partial charge in [0.2, 0.25) is 5.91 Å². The molecule has 1 aliphatic heterocycles. The lowest BCUT2D eigenvalue weighted by molar-refractivity contribution is -0.116. The zero-order valence-corrected chi connectivity index (χ0v) is 17.3. The van der Waals surface area contributed by atoms with Crippen molar-refractivity contribution in [3.8, 4) is 5.75 Å². The molecule has 1 N–H and O–H groups in total. The van der Waals surface area contributed by atoms with Gasteiger partial charge in [0, 0.05) is 50.2 Å². The predicted molar refractivity (Wildman–Crippen MR) is 114 cm³/mol. The largest absolute Gasteiger partial charge is 0.495 e. The molecule has 0 aromatic heterocycles. The monoisotopic (exact) mass is 401 g/mol. The van der Waals surface area contributed by atoms with Crippen LogP contribution in [0.3, 0.4) is 0 Å². The van der Waals surface area contributed by atoms with Gasteiger partial charge in [-0.1, -0.05) is 41.9 Å². The van der Waals surface area contributed by atoms with Crippen molar-refractivity contribution < 1.29 is 9.53 Å². The maximum absolute atomic E-state index is 12.3. The van der Waals surface area contributed by atoms with Gasteiger partial charge in [-0.05, 0) is 30.7 Å². The van der Waals surface area contributed by atoms with Crippen LogP contribution >= 0.6 is 11.6 Å². The smallest absolute Gasteiger partial charge is 0.225 e. The average molecular weight is 402 g/mol. The molecule has 1 unspecified atom stereocenters. The lowest BCUT2D eigenvalue weighted by Gasteiger charge is -2.38. The molecule has 28 heavy (non-hydrogen) atoms. The van der Waals surface area contributed by atoms with Crippen LogP contribution in [0, 0.1) is 0 Å². The number of halogens is 1. The summed E-state index contributed by atoms with van der Waals surface area (Å²) < 4.78 is 5.28. The number of piperazine rings is 1.